The fraction of sp³-hybridized carbons (Fsp3) is 0.190. The molecule has 0 atom stereocenters. The molecule has 0 bridgehead atoms. The first-order valence-corrected chi connectivity index (χ1v) is 8.62. The molecule has 3 rings (SSSR count). The van der Waals surface area contributed by atoms with Crippen molar-refractivity contribution in [2.75, 3.05) is 31.6 Å². The lowest BCUT2D eigenvalue weighted by molar-refractivity contribution is 0.363. The van der Waals surface area contributed by atoms with Gasteiger partial charge in [-0.2, -0.15) is 0 Å². The van der Waals surface area contributed by atoms with Crippen molar-refractivity contribution in [3.63, 3.8) is 0 Å². The molecule has 0 N–H and O–H groups in total. The van der Waals surface area contributed by atoms with Crippen LogP contribution in [0.3, 0.4) is 0 Å². The highest BCUT2D eigenvalue weighted by atomic mass is 35.5. The number of fused-ring (bicyclic) bond motifs is 1. The summed E-state index contributed by atoms with van der Waals surface area (Å²) in [6, 6.07) is 13.9. The second-order valence-corrected chi connectivity index (χ2v) is 6.29. The minimum absolute atomic E-state index is 0.500. The standard InChI is InChI=1S/C21H21ClN2O/c1-3-13-25-18-6-4-5-16(14-18)7-10-20-19-9-8-17(22)15-21(19)24(2)12-11-23-20/h3-10,14-15H,1,11-13H2,2H3/b10-7+. The van der Waals surface area contributed by atoms with E-state index in [4.69, 9.17) is 21.3 Å². The lowest BCUT2D eigenvalue weighted by Crippen LogP contribution is -2.20. The number of aliphatic imine (C=N–C) groups is 1. The van der Waals surface area contributed by atoms with E-state index in [1.54, 1.807) is 6.08 Å². The molecule has 0 aromatic heterocycles. The average molecular weight is 353 g/mol. The Labute approximate surface area is 153 Å². The number of benzodiazepines with no additional fused rings is 1. The van der Waals surface area contributed by atoms with E-state index in [0.717, 1.165) is 46.4 Å². The third kappa shape index (κ3) is 4.31. The Morgan fingerprint density at radius 3 is 2.96 bits per heavy atom. The maximum Gasteiger partial charge on any atom is 0.120 e. The van der Waals surface area contributed by atoms with Crippen LogP contribution in [-0.2, 0) is 0 Å². The average Bonchev–Trinajstić information content (AvgIpc) is 2.77. The fourth-order valence-corrected chi connectivity index (χ4v) is 2.91. The molecule has 4 heteroatoms. The highest BCUT2D eigenvalue weighted by Crippen LogP contribution is 2.27. The fourth-order valence-electron chi connectivity index (χ4n) is 2.74. The van der Waals surface area contributed by atoms with Crippen LogP contribution in [0.25, 0.3) is 6.08 Å². The molecule has 128 valence electrons. The van der Waals surface area contributed by atoms with E-state index < -0.39 is 0 Å². The summed E-state index contributed by atoms with van der Waals surface area (Å²) < 4.78 is 5.59. The van der Waals surface area contributed by atoms with Gasteiger partial charge in [0.1, 0.15) is 12.4 Å². The Kier molecular flexibility index (Phi) is 5.56. The van der Waals surface area contributed by atoms with Gasteiger partial charge in [0.25, 0.3) is 0 Å². The van der Waals surface area contributed by atoms with Crippen LogP contribution in [0.5, 0.6) is 5.75 Å². The lowest BCUT2D eigenvalue weighted by Gasteiger charge is -2.19. The van der Waals surface area contributed by atoms with Crippen LogP contribution in [0.1, 0.15) is 11.1 Å². The van der Waals surface area contributed by atoms with E-state index in [0.29, 0.717) is 6.61 Å². The predicted molar refractivity (Wildman–Crippen MR) is 107 cm³/mol. The van der Waals surface area contributed by atoms with Crippen LogP contribution in [-0.4, -0.2) is 32.5 Å². The number of ether oxygens (including phenoxy) is 1. The zero-order valence-electron chi connectivity index (χ0n) is 14.3. The molecule has 1 aliphatic rings. The minimum atomic E-state index is 0.500. The number of benzene rings is 2. The first kappa shape index (κ1) is 17.3. The molecule has 0 spiro atoms. The summed E-state index contributed by atoms with van der Waals surface area (Å²) >= 11 is 6.17. The summed E-state index contributed by atoms with van der Waals surface area (Å²) in [5, 5.41) is 0.739. The summed E-state index contributed by atoms with van der Waals surface area (Å²) in [5.41, 5.74) is 4.24. The van der Waals surface area contributed by atoms with Crippen molar-refractivity contribution < 1.29 is 4.74 Å². The van der Waals surface area contributed by atoms with Gasteiger partial charge in [-0.3, -0.25) is 4.99 Å². The van der Waals surface area contributed by atoms with Crippen molar-refractivity contribution in [3.8, 4) is 5.75 Å². The molecule has 0 radical (unpaired) electrons. The molecule has 0 fully saturated rings. The van der Waals surface area contributed by atoms with Crippen LogP contribution in [0, 0.1) is 0 Å². The molecule has 1 aliphatic heterocycles. The molecule has 0 amide bonds. The van der Waals surface area contributed by atoms with E-state index in [9.17, 15) is 0 Å². The van der Waals surface area contributed by atoms with Crippen LogP contribution in [0.4, 0.5) is 5.69 Å². The van der Waals surface area contributed by atoms with Crippen LogP contribution in [0.2, 0.25) is 5.02 Å². The topological polar surface area (TPSA) is 24.8 Å². The van der Waals surface area contributed by atoms with E-state index >= 15 is 0 Å². The first-order chi connectivity index (χ1) is 12.2. The van der Waals surface area contributed by atoms with Gasteiger partial charge >= 0.3 is 0 Å². The summed E-state index contributed by atoms with van der Waals surface area (Å²) in [6.45, 7) is 5.80. The summed E-state index contributed by atoms with van der Waals surface area (Å²) in [4.78, 5) is 6.92. The van der Waals surface area contributed by atoms with Gasteiger partial charge < -0.3 is 9.64 Å². The highest BCUT2D eigenvalue weighted by Gasteiger charge is 2.14. The van der Waals surface area contributed by atoms with Gasteiger partial charge in [0, 0.05) is 29.9 Å². The molecule has 25 heavy (non-hydrogen) atoms. The largest absolute Gasteiger partial charge is 0.490 e. The van der Waals surface area contributed by atoms with Crippen molar-refractivity contribution in [1.82, 2.24) is 0 Å². The third-order valence-electron chi connectivity index (χ3n) is 4.02. The molecule has 2 aromatic rings. The molecule has 0 aliphatic carbocycles. The number of likely N-dealkylation sites (N-methyl/N-ethyl adjacent to an activating group) is 1. The Balaban J connectivity index is 1.87. The Bertz CT molecular complexity index is 826. The highest BCUT2D eigenvalue weighted by molar-refractivity contribution is 6.31. The number of hydrogen-bond acceptors (Lipinski definition) is 3. The SMILES string of the molecule is C=CCOc1cccc(/C=C/C2=NCCN(C)c3cc(Cl)ccc32)c1. The normalized spacial score (nSPS) is 14.0. The number of hydrogen-bond donors (Lipinski definition) is 0. The Morgan fingerprint density at radius 1 is 1.24 bits per heavy atom. The summed E-state index contributed by atoms with van der Waals surface area (Å²) in [6.07, 6.45) is 5.85. The number of halogens is 1. The predicted octanol–water partition coefficient (Wildman–Crippen LogP) is 4.86. The Hall–Kier alpha value is -2.52. The first-order valence-electron chi connectivity index (χ1n) is 8.25. The molecule has 3 nitrogen and oxygen atoms in total. The van der Waals surface area contributed by atoms with Crippen molar-refractivity contribution in [2.45, 2.75) is 0 Å². The van der Waals surface area contributed by atoms with E-state index in [1.807, 2.05) is 42.5 Å². The van der Waals surface area contributed by atoms with Crippen molar-refractivity contribution in [3.05, 3.63) is 77.3 Å². The lowest BCUT2D eigenvalue weighted by atomic mass is 10.1. The summed E-state index contributed by atoms with van der Waals surface area (Å²) in [7, 11) is 2.07. The van der Waals surface area contributed by atoms with E-state index in [-0.39, 0.29) is 0 Å². The van der Waals surface area contributed by atoms with E-state index in [1.165, 1.54) is 0 Å². The second-order valence-electron chi connectivity index (χ2n) is 5.86. The maximum atomic E-state index is 6.17. The van der Waals surface area contributed by atoms with Gasteiger partial charge in [-0.1, -0.05) is 42.5 Å². The van der Waals surface area contributed by atoms with Gasteiger partial charge in [0.15, 0.2) is 0 Å². The third-order valence-corrected chi connectivity index (χ3v) is 4.26. The quantitative estimate of drug-likeness (QED) is 0.718. The minimum Gasteiger partial charge on any atom is -0.490 e. The molecule has 0 saturated heterocycles. The van der Waals surface area contributed by atoms with Gasteiger partial charge in [-0.05, 0) is 42.0 Å². The number of rotatable bonds is 5. The molecule has 1 heterocycles. The monoisotopic (exact) mass is 352 g/mol. The molecule has 0 saturated carbocycles. The van der Waals surface area contributed by atoms with Crippen molar-refractivity contribution in [1.29, 1.82) is 0 Å². The zero-order valence-corrected chi connectivity index (χ0v) is 15.0. The van der Waals surface area contributed by atoms with Gasteiger partial charge in [0.05, 0.1) is 12.3 Å². The van der Waals surface area contributed by atoms with Gasteiger partial charge in [0.2, 0.25) is 0 Å². The molecule has 0 unspecified atom stereocenters. The van der Waals surface area contributed by atoms with E-state index in [2.05, 4.69) is 30.7 Å². The Morgan fingerprint density at radius 2 is 2.12 bits per heavy atom. The maximum absolute atomic E-state index is 6.17. The molecular formula is C21H21ClN2O. The van der Waals surface area contributed by atoms with Gasteiger partial charge in [-0.25, -0.2) is 0 Å². The molecular weight excluding hydrogens is 332 g/mol. The van der Waals surface area contributed by atoms with Crippen molar-refractivity contribution in [2.24, 2.45) is 4.99 Å². The van der Waals surface area contributed by atoms with Gasteiger partial charge in [-0.15, -0.1) is 0 Å². The van der Waals surface area contributed by atoms with Crippen LogP contribution < -0.4 is 9.64 Å². The second kappa shape index (κ2) is 8.04. The number of allylic oxidation sites excluding steroid dienone is 1. The van der Waals surface area contributed by atoms with Crippen molar-refractivity contribution >= 4 is 29.1 Å². The van der Waals surface area contributed by atoms with Crippen LogP contribution >= 0.6 is 11.6 Å². The summed E-state index contributed by atoms with van der Waals surface area (Å²) in [5.74, 6) is 0.830. The smallest absolute Gasteiger partial charge is 0.120 e. The van der Waals surface area contributed by atoms with Crippen LogP contribution in [0.15, 0.2) is 66.2 Å². The number of nitrogens with zero attached hydrogens (tertiary/aromatic N) is 2. The number of anilines is 1. The zero-order chi connectivity index (χ0) is 17.6. The molecule has 2 aromatic carbocycles.